The standard InChI is InChI=1S/C13H15NO3/c1-13(2,12(15)16)9-17-11-5-3-10(4-6-11)7-8-14/h3-6H,7,9H2,1-2H3,(H,15,16). The molecule has 90 valence electrons. The smallest absolute Gasteiger partial charge is 0.312 e. The molecule has 0 aromatic heterocycles. The number of aliphatic carboxylic acids is 1. The maximum absolute atomic E-state index is 10.9. The molecular formula is C13H15NO3. The maximum atomic E-state index is 10.9. The molecule has 0 atom stereocenters. The van der Waals surface area contributed by atoms with Gasteiger partial charge in [0.25, 0.3) is 0 Å². The second kappa shape index (κ2) is 5.35. The Morgan fingerprint density at radius 1 is 1.41 bits per heavy atom. The van der Waals surface area contributed by atoms with E-state index in [-0.39, 0.29) is 6.61 Å². The van der Waals surface area contributed by atoms with Gasteiger partial charge in [-0.2, -0.15) is 5.26 Å². The second-order valence-electron chi connectivity index (χ2n) is 4.46. The monoisotopic (exact) mass is 233 g/mol. The number of benzene rings is 1. The third kappa shape index (κ3) is 3.80. The summed E-state index contributed by atoms with van der Waals surface area (Å²) in [6.45, 7) is 3.33. The molecule has 0 bridgehead atoms. The van der Waals surface area contributed by atoms with Crippen LogP contribution in [0.15, 0.2) is 24.3 Å². The lowest BCUT2D eigenvalue weighted by Crippen LogP contribution is -2.30. The van der Waals surface area contributed by atoms with Gasteiger partial charge < -0.3 is 9.84 Å². The first-order valence-corrected chi connectivity index (χ1v) is 5.28. The molecule has 0 heterocycles. The molecule has 1 aromatic rings. The Kier molecular flexibility index (Phi) is 4.11. The van der Waals surface area contributed by atoms with E-state index >= 15 is 0 Å². The highest BCUT2D eigenvalue weighted by atomic mass is 16.5. The summed E-state index contributed by atoms with van der Waals surface area (Å²) >= 11 is 0. The molecule has 4 nitrogen and oxygen atoms in total. The normalized spacial score (nSPS) is 10.6. The number of hydrogen-bond acceptors (Lipinski definition) is 3. The zero-order valence-electron chi connectivity index (χ0n) is 9.93. The van der Waals surface area contributed by atoms with E-state index < -0.39 is 11.4 Å². The van der Waals surface area contributed by atoms with Crippen molar-refractivity contribution in [1.29, 1.82) is 5.26 Å². The minimum Gasteiger partial charge on any atom is -0.492 e. The van der Waals surface area contributed by atoms with E-state index in [0.29, 0.717) is 12.2 Å². The van der Waals surface area contributed by atoms with Gasteiger partial charge in [-0.1, -0.05) is 12.1 Å². The van der Waals surface area contributed by atoms with Crippen molar-refractivity contribution >= 4 is 5.97 Å². The number of carbonyl (C=O) groups is 1. The number of hydrogen-bond donors (Lipinski definition) is 1. The Balaban J connectivity index is 2.59. The third-order valence-corrected chi connectivity index (χ3v) is 2.39. The van der Waals surface area contributed by atoms with Crippen molar-refractivity contribution in [1.82, 2.24) is 0 Å². The van der Waals surface area contributed by atoms with Gasteiger partial charge in [-0.05, 0) is 31.5 Å². The van der Waals surface area contributed by atoms with Gasteiger partial charge in [0.1, 0.15) is 12.4 Å². The summed E-state index contributed by atoms with van der Waals surface area (Å²) in [6, 6.07) is 9.13. The molecule has 0 amide bonds. The van der Waals surface area contributed by atoms with Crippen molar-refractivity contribution in [3.05, 3.63) is 29.8 Å². The molecule has 0 aliphatic rings. The Hall–Kier alpha value is -2.02. The predicted octanol–water partition coefficient (Wildman–Crippen LogP) is 2.24. The van der Waals surface area contributed by atoms with E-state index in [4.69, 9.17) is 15.1 Å². The Labute approximate surface area is 100 Å². The first-order valence-electron chi connectivity index (χ1n) is 5.28. The van der Waals surface area contributed by atoms with Gasteiger partial charge in [-0.15, -0.1) is 0 Å². The van der Waals surface area contributed by atoms with Crippen LogP contribution in [0.25, 0.3) is 0 Å². The zero-order chi connectivity index (χ0) is 12.9. The molecule has 17 heavy (non-hydrogen) atoms. The molecule has 0 aliphatic carbocycles. The fourth-order valence-electron chi connectivity index (χ4n) is 1.12. The molecule has 0 saturated heterocycles. The lowest BCUT2D eigenvalue weighted by molar-refractivity contribution is -0.148. The summed E-state index contributed by atoms with van der Waals surface area (Å²) in [7, 11) is 0. The van der Waals surface area contributed by atoms with Gasteiger partial charge in [0, 0.05) is 0 Å². The van der Waals surface area contributed by atoms with Crippen molar-refractivity contribution in [2.45, 2.75) is 20.3 Å². The number of carboxylic acids is 1. The summed E-state index contributed by atoms with van der Waals surface area (Å²) < 4.78 is 5.40. The highest BCUT2D eigenvalue weighted by Gasteiger charge is 2.28. The quantitative estimate of drug-likeness (QED) is 0.846. The SMILES string of the molecule is CC(C)(COc1ccc(CC#N)cc1)C(=O)O. The fourth-order valence-corrected chi connectivity index (χ4v) is 1.12. The van der Waals surface area contributed by atoms with Crippen molar-refractivity contribution in [2.75, 3.05) is 6.61 Å². The lowest BCUT2D eigenvalue weighted by atomic mass is 9.95. The number of nitrogens with zero attached hydrogens (tertiary/aromatic N) is 1. The van der Waals surface area contributed by atoms with Gasteiger partial charge >= 0.3 is 5.97 Å². The average molecular weight is 233 g/mol. The first-order chi connectivity index (χ1) is 7.95. The van der Waals surface area contributed by atoms with Crippen LogP contribution in [-0.2, 0) is 11.2 Å². The lowest BCUT2D eigenvalue weighted by Gasteiger charge is -2.19. The fraction of sp³-hybridized carbons (Fsp3) is 0.385. The molecule has 4 heteroatoms. The summed E-state index contributed by atoms with van der Waals surface area (Å²) in [5.41, 5.74) is 0.00282. The summed E-state index contributed by atoms with van der Waals surface area (Å²) in [4.78, 5) is 10.9. The maximum Gasteiger partial charge on any atom is 0.312 e. The highest BCUT2D eigenvalue weighted by Crippen LogP contribution is 2.19. The molecular weight excluding hydrogens is 218 g/mol. The van der Waals surface area contributed by atoms with Gasteiger partial charge in [0.15, 0.2) is 0 Å². The van der Waals surface area contributed by atoms with E-state index in [1.165, 1.54) is 0 Å². The molecule has 0 aliphatic heterocycles. The van der Waals surface area contributed by atoms with Crippen LogP contribution in [-0.4, -0.2) is 17.7 Å². The minimum atomic E-state index is -0.911. The van der Waals surface area contributed by atoms with Gasteiger partial charge in [-0.3, -0.25) is 4.79 Å². The minimum absolute atomic E-state index is 0.111. The second-order valence-corrected chi connectivity index (χ2v) is 4.46. The Morgan fingerprint density at radius 3 is 2.47 bits per heavy atom. The van der Waals surface area contributed by atoms with E-state index in [0.717, 1.165) is 5.56 Å². The van der Waals surface area contributed by atoms with Crippen molar-refractivity contribution in [3.8, 4) is 11.8 Å². The van der Waals surface area contributed by atoms with E-state index in [1.807, 2.05) is 0 Å². The number of carboxylic acid groups (broad SMARTS) is 1. The van der Waals surface area contributed by atoms with Crippen molar-refractivity contribution in [2.24, 2.45) is 5.41 Å². The molecule has 0 spiro atoms. The molecule has 1 aromatic carbocycles. The summed E-state index contributed by atoms with van der Waals surface area (Å²) in [6.07, 6.45) is 0.362. The topological polar surface area (TPSA) is 70.3 Å². The third-order valence-electron chi connectivity index (χ3n) is 2.39. The molecule has 0 radical (unpaired) electrons. The van der Waals surface area contributed by atoms with Gasteiger partial charge in [-0.25, -0.2) is 0 Å². The van der Waals surface area contributed by atoms with Crippen molar-refractivity contribution in [3.63, 3.8) is 0 Å². The molecule has 1 N–H and O–H groups in total. The highest BCUT2D eigenvalue weighted by molar-refractivity contribution is 5.73. The number of rotatable bonds is 5. The summed E-state index contributed by atoms with van der Waals surface area (Å²) in [5.74, 6) is -0.278. The first kappa shape index (κ1) is 13.0. The van der Waals surface area contributed by atoms with Crippen LogP contribution < -0.4 is 4.74 Å². The Morgan fingerprint density at radius 2 is 2.00 bits per heavy atom. The van der Waals surface area contributed by atoms with E-state index in [1.54, 1.807) is 38.1 Å². The average Bonchev–Trinajstić information content (AvgIpc) is 2.28. The van der Waals surface area contributed by atoms with Crippen LogP contribution in [0.2, 0.25) is 0 Å². The van der Waals surface area contributed by atoms with Crippen LogP contribution in [0.1, 0.15) is 19.4 Å². The van der Waals surface area contributed by atoms with Crippen LogP contribution >= 0.6 is 0 Å². The van der Waals surface area contributed by atoms with E-state index in [9.17, 15) is 4.79 Å². The molecule has 1 rings (SSSR count). The number of nitriles is 1. The van der Waals surface area contributed by atoms with Crippen LogP contribution in [0, 0.1) is 16.7 Å². The van der Waals surface area contributed by atoms with Crippen molar-refractivity contribution < 1.29 is 14.6 Å². The van der Waals surface area contributed by atoms with Gasteiger partial charge in [0.05, 0.1) is 17.9 Å². The van der Waals surface area contributed by atoms with Crippen LogP contribution in [0.3, 0.4) is 0 Å². The van der Waals surface area contributed by atoms with Crippen LogP contribution in [0.5, 0.6) is 5.75 Å². The largest absolute Gasteiger partial charge is 0.492 e. The summed E-state index contributed by atoms with van der Waals surface area (Å²) in [5, 5.41) is 17.4. The predicted molar refractivity (Wildman–Crippen MR) is 62.7 cm³/mol. The molecule has 0 unspecified atom stereocenters. The molecule has 0 fully saturated rings. The van der Waals surface area contributed by atoms with E-state index in [2.05, 4.69) is 6.07 Å². The number of ether oxygens (including phenoxy) is 1. The Bertz CT molecular complexity index is 429. The van der Waals surface area contributed by atoms with Crippen LogP contribution in [0.4, 0.5) is 0 Å². The van der Waals surface area contributed by atoms with Gasteiger partial charge in [0.2, 0.25) is 0 Å². The molecule has 0 saturated carbocycles. The zero-order valence-corrected chi connectivity index (χ0v) is 9.93.